The Morgan fingerprint density at radius 2 is 2.50 bits per heavy atom. The average Bonchev–Trinajstić information content (AvgIpc) is 2.53. The van der Waals surface area contributed by atoms with Crippen molar-refractivity contribution >= 4 is 6.02 Å². The lowest BCUT2D eigenvalue weighted by atomic mass is 10.0. The van der Waals surface area contributed by atoms with Crippen LogP contribution in [0.1, 0.15) is 0 Å². The third-order valence-corrected chi connectivity index (χ3v) is 2.07. The molecule has 2 rings (SSSR count). The van der Waals surface area contributed by atoms with Gasteiger partial charge in [-0.05, 0) is 0 Å². The van der Waals surface area contributed by atoms with E-state index < -0.39 is 24.5 Å². The van der Waals surface area contributed by atoms with Crippen LogP contribution in [0.3, 0.4) is 0 Å². The highest BCUT2D eigenvalue weighted by Crippen LogP contribution is 2.31. The van der Waals surface area contributed by atoms with Crippen LogP contribution in [0.4, 0.5) is 0 Å². The van der Waals surface area contributed by atoms with Gasteiger partial charge in [-0.1, -0.05) is 0 Å². The Labute approximate surface area is 68.6 Å². The predicted octanol–water partition coefficient (Wildman–Crippen LogP) is -2.22. The highest BCUT2D eigenvalue weighted by molar-refractivity contribution is 5.73. The summed E-state index contributed by atoms with van der Waals surface area (Å²) in [5.74, 6) is 0. The Hall–Kier alpha value is -0.850. The maximum Gasteiger partial charge on any atom is 0.285 e. The van der Waals surface area contributed by atoms with Crippen LogP contribution in [-0.2, 0) is 9.47 Å². The third kappa shape index (κ3) is 0.889. The molecule has 0 aromatic heterocycles. The number of fused-ring (bicyclic) bond motifs is 1. The van der Waals surface area contributed by atoms with Crippen molar-refractivity contribution in [2.45, 2.75) is 17.9 Å². The van der Waals surface area contributed by atoms with Crippen LogP contribution in [0, 0.1) is 0 Å². The lowest BCUT2D eigenvalue weighted by Gasteiger charge is -2.23. The van der Waals surface area contributed by atoms with Crippen LogP contribution in [0.2, 0.25) is 0 Å². The molecular formula is C6H10N2O4. The molecule has 0 aliphatic carbocycles. The van der Waals surface area contributed by atoms with Gasteiger partial charge in [0, 0.05) is 0 Å². The molecule has 1 saturated heterocycles. The average molecular weight is 174 g/mol. The van der Waals surface area contributed by atoms with Gasteiger partial charge in [-0.25, -0.2) is 0 Å². The molecular weight excluding hydrogens is 164 g/mol. The van der Waals surface area contributed by atoms with Gasteiger partial charge in [0.1, 0.15) is 0 Å². The zero-order valence-electron chi connectivity index (χ0n) is 6.30. The number of ether oxygens (including phenoxy) is 2. The number of rotatable bonds is 1. The summed E-state index contributed by atoms with van der Waals surface area (Å²) in [6, 6.07) is -0.00317. The monoisotopic (exact) mass is 174 g/mol. The Kier molecular flexibility index (Phi) is 1.50. The first-order valence-electron chi connectivity index (χ1n) is 3.60. The smallest absolute Gasteiger partial charge is 0.285 e. The SMILES string of the molecule is NC1=N[C@@H]2OCC(O)(CO)[C@@H]2O1. The Balaban J connectivity index is 2.18. The van der Waals surface area contributed by atoms with Crippen molar-refractivity contribution in [3.05, 3.63) is 0 Å². The van der Waals surface area contributed by atoms with Crippen LogP contribution in [-0.4, -0.2) is 47.4 Å². The summed E-state index contributed by atoms with van der Waals surface area (Å²) in [7, 11) is 0. The standard InChI is InChI=1S/C6H10N2O4/c7-5-8-4-3(12-5)6(10,1-9)2-11-4/h3-4,9-10H,1-2H2,(H2,7,8)/t3-,4-,6?/m1/s1. The van der Waals surface area contributed by atoms with Crippen LogP contribution in [0.5, 0.6) is 0 Å². The van der Waals surface area contributed by atoms with E-state index in [1.807, 2.05) is 0 Å². The first kappa shape index (κ1) is 7.78. The molecule has 2 aliphatic rings. The number of amidine groups is 1. The van der Waals surface area contributed by atoms with Gasteiger partial charge in [-0.2, -0.15) is 4.99 Å². The molecule has 0 spiro atoms. The van der Waals surface area contributed by atoms with Crippen LogP contribution >= 0.6 is 0 Å². The fourth-order valence-electron chi connectivity index (χ4n) is 1.36. The molecule has 6 nitrogen and oxygen atoms in total. The summed E-state index contributed by atoms with van der Waals surface area (Å²) in [5, 5.41) is 18.5. The van der Waals surface area contributed by atoms with E-state index in [0.717, 1.165) is 0 Å². The summed E-state index contributed by atoms with van der Waals surface area (Å²) in [5.41, 5.74) is 3.89. The van der Waals surface area contributed by atoms with Crippen molar-refractivity contribution in [1.29, 1.82) is 0 Å². The van der Waals surface area contributed by atoms with Gasteiger partial charge in [0.2, 0.25) is 0 Å². The van der Waals surface area contributed by atoms with Crippen molar-refractivity contribution in [3.63, 3.8) is 0 Å². The first-order chi connectivity index (χ1) is 5.65. The summed E-state index contributed by atoms with van der Waals surface area (Å²) in [6.07, 6.45) is -1.23. The minimum absolute atomic E-state index is 0.00317. The number of nitrogens with zero attached hydrogens (tertiary/aromatic N) is 1. The minimum Gasteiger partial charge on any atom is -0.454 e. The van der Waals surface area contributed by atoms with Crippen LogP contribution in [0.15, 0.2) is 4.99 Å². The molecule has 0 saturated carbocycles. The molecule has 0 bridgehead atoms. The second-order valence-electron chi connectivity index (χ2n) is 2.97. The number of aliphatic hydroxyl groups is 2. The number of aliphatic hydroxyl groups excluding tert-OH is 1. The molecule has 68 valence electrons. The van der Waals surface area contributed by atoms with Crippen LogP contribution in [0.25, 0.3) is 0 Å². The molecule has 2 heterocycles. The zero-order valence-corrected chi connectivity index (χ0v) is 6.30. The van der Waals surface area contributed by atoms with Gasteiger partial charge >= 0.3 is 0 Å². The molecule has 6 heteroatoms. The largest absolute Gasteiger partial charge is 0.454 e. The van der Waals surface area contributed by atoms with Gasteiger partial charge in [-0.15, -0.1) is 0 Å². The van der Waals surface area contributed by atoms with E-state index in [-0.39, 0.29) is 12.6 Å². The fraction of sp³-hybridized carbons (Fsp3) is 0.833. The number of aliphatic imine (C=N–C) groups is 1. The second-order valence-corrected chi connectivity index (χ2v) is 2.97. The topological polar surface area (TPSA) is 97.3 Å². The minimum atomic E-state index is -1.37. The molecule has 3 atom stereocenters. The van der Waals surface area contributed by atoms with Crippen LogP contribution < -0.4 is 5.73 Å². The number of hydrogen-bond donors (Lipinski definition) is 3. The highest BCUT2D eigenvalue weighted by atomic mass is 16.6. The highest BCUT2D eigenvalue weighted by Gasteiger charge is 2.53. The van der Waals surface area contributed by atoms with E-state index in [9.17, 15) is 5.11 Å². The summed E-state index contributed by atoms with van der Waals surface area (Å²) < 4.78 is 10.0. The van der Waals surface area contributed by atoms with E-state index in [4.69, 9.17) is 20.3 Å². The van der Waals surface area contributed by atoms with E-state index in [1.165, 1.54) is 0 Å². The number of nitrogens with two attached hydrogens (primary N) is 1. The molecule has 0 amide bonds. The Morgan fingerprint density at radius 1 is 1.75 bits per heavy atom. The van der Waals surface area contributed by atoms with Gasteiger partial charge in [0.25, 0.3) is 6.02 Å². The summed E-state index contributed by atoms with van der Waals surface area (Å²) in [4.78, 5) is 3.77. The third-order valence-electron chi connectivity index (χ3n) is 2.07. The second kappa shape index (κ2) is 2.32. The number of hydrogen-bond acceptors (Lipinski definition) is 6. The molecule has 0 aromatic rings. The quantitative estimate of drug-likeness (QED) is 0.418. The Morgan fingerprint density at radius 3 is 3.17 bits per heavy atom. The zero-order chi connectivity index (χ0) is 8.77. The van der Waals surface area contributed by atoms with E-state index in [2.05, 4.69) is 4.99 Å². The lowest BCUT2D eigenvalue weighted by Crippen LogP contribution is -2.47. The van der Waals surface area contributed by atoms with Gasteiger partial charge in [0.05, 0.1) is 13.2 Å². The van der Waals surface area contributed by atoms with Crippen molar-refractivity contribution in [2.24, 2.45) is 10.7 Å². The van der Waals surface area contributed by atoms with Crippen molar-refractivity contribution < 1.29 is 19.7 Å². The molecule has 12 heavy (non-hydrogen) atoms. The molecule has 4 N–H and O–H groups in total. The van der Waals surface area contributed by atoms with Crippen molar-refractivity contribution in [2.75, 3.05) is 13.2 Å². The molecule has 0 radical (unpaired) electrons. The summed E-state index contributed by atoms with van der Waals surface area (Å²) >= 11 is 0. The Bertz CT molecular complexity index is 232. The maximum absolute atomic E-state index is 9.66. The molecule has 1 unspecified atom stereocenters. The van der Waals surface area contributed by atoms with Crippen molar-refractivity contribution in [3.8, 4) is 0 Å². The lowest BCUT2D eigenvalue weighted by molar-refractivity contribution is -0.0715. The first-order valence-corrected chi connectivity index (χ1v) is 3.60. The summed E-state index contributed by atoms with van der Waals surface area (Å²) in [6.45, 7) is -0.396. The molecule has 1 fully saturated rings. The predicted molar refractivity (Wildman–Crippen MR) is 38.3 cm³/mol. The normalized spacial score (nSPS) is 45.3. The van der Waals surface area contributed by atoms with E-state index in [1.54, 1.807) is 0 Å². The van der Waals surface area contributed by atoms with Gasteiger partial charge in [-0.3, -0.25) is 0 Å². The van der Waals surface area contributed by atoms with E-state index >= 15 is 0 Å². The fourth-order valence-corrected chi connectivity index (χ4v) is 1.36. The van der Waals surface area contributed by atoms with Gasteiger partial charge in [0.15, 0.2) is 17.9 Å². The van der Waals surface area contributed by atoms with Gasteiger partial charge < -0.3 is 25.4 Å². The van der Waals surface area contributed by atoms with E-state index in [0.29, 0.717) is 0 Å². The molecule has 2 aliphatic heterocycles. The molecule has 0 aromatic carbocycles. The maximum atomic E-state index is 9.66. The van der Waals surface area contributed by atoms with Crippen molar-refractivity contribution in [1.82, 2.24) is 0 Å².